The van der Waals surface area contributed by atoms with E-state index in [1.165, 1.54) is 10.4 Å². The van der Waals surface area contributed by atoms with Crippen LogP contribution in [0, 0.1) is 28.6 Å². The fraction of sp³-hybridized carbons (Fsp3) is 0.629. The number of hydrogen-bond acceptors (Lipinski definition) is 6. The summed E-state index contributed by atoms with van der Waals surface area (Å²) in [7, 11) is -1.32. The Morgan fingerprint density at radius 2 is 1.57 bits per heavy atom. The molecule has 4 aliphatic rings. The molecule has 0 aromatic heterocycles. The molecular weight excluding hydrogens is 544 g/mol. The Labute approximate surface area is 251 Å². The van der Waals surface area contributed by atoms with Gasteiger partial charge in [-0.25, -0.2) is 0 Å². The average Bonchev–Trinajstić information content (AvgIpc) is 3.21. The predicted molar refractivity (Wildman–Crippen MR) is 165 cm³/mol. The van der Waals surface area contributed by atoms with Crippen LogP contribution < -0.4 is 10.4 Å². The van der Waals surface area contributed by atoms with Crippen molar-refractivity contribution in [3.05, 3.63) is 60.7 Å². The third-order valence-corrected chi connectivity index (χ3v) is 17.3. The average molecular weight is 593 g/mol. The fourth-order valence-corrected chi connectivity index (χ4v) is 15.5. The quantitative estimate of drug-likeness (QED) is 0.348. The monoisotopic (exact) mass is 592 g/mol. The zero-order valence-corrected chi connectivity index (χ0v) is 27.1. The van der Waals surface area contributed by atoms with Crippen LogP contribution in [0.5, 0.6) is 0 Å². The molecule has 6 rings (SSSR count). The lowest BCUT2D eigenvalue weighted by Gasteiger charge is -2.56. The normalized spacial score (nSPS) is 39.4. The van der Waals surface area contributed by atoms with Gasteiger partial charge >= 0.3 is 0 Å². The van der Waals surface area contributed by atoms with E-state index in [0.29, 0.717) is 25.7 Å². The highest BCUT2D eigenvalue weighted by atomic mass is 28.4. The Balaban J connectivity index is 1.55. The summed E-state index contributed by atoms with van der Waals surface area (Å²) in [4.78, 5) is 13.0. The molecule has 0 heterocycles. The van der Waals surface area contributed by atoms with Crippen LogP contribution in [0.2, 0.25) is 5.04 Å². The molecule has 8 atom stereocenters. The van der Waals surface area contributed by atoms with Crippen LogP contribution in [0.25, 0.3) is 0 Å². The van der Waals surface area contributed by atoms with Crippen LogP contribution in [-0.2, 0) is 18.7 Å². The van der Waals surface area contributed by atoms with Gasteiger partial charge in [0.2, 0.25) is 0 Å². The zero-order valence-electron chi connectivity index (χ0n) is 26.1. The minimum atomic E-state index is -2.94. The molecule has 4 aliphatic carbocycles. The summed E-state index contributed by atoms with van der Waals surface area (Å²) in [5, 5.41) is 26.1. The first-order chi connectivity index (χ1) is 19.8. The van der Waals surface area contributed by atoms with E-state index in [-0.39, 0.29) is 54.5 Å². The van der Waals surface area contributed by atoms with Crippen LogP contribution in [0.3, 0.4) is 0 Å². The minimum Gasteiger partial charge on any atom is -0.404 e. The Morgan fingerprint density at radius 3 is 2.10 bits per heavy atom. The molecule has 2 bridgehead atoms. The van der Waals surface area contributed by atoms with E-state index in [1.807, 2.05) is 12.1 Å². The number of fused-ring (bicyclic) bond motifs is 4. The Kier molecular flexibility index (Phi) is 7.24. The van der Waals surface area contributed by atoms with Gasteiger partial charge in [-0.15, -0.1) is 0 Å². The van der Waals surface area contributed by atoms with E-state index in [9.17, 15) is 15.0 Å². The molecule has 6 nitrogen and oxygen atoms in total. The Hall–Kier alpha value is -1.87. The third kappa shape index (κ3) is 3.77. The number of rotatable bonds is 8. The van der Waals surface area contributed by atoms with E-state index in [1.54, 1.807) is 7.11 Å². The molecule has 42 heavy (non-hydrogen) atoms. The number of carbonyl (C=O) groups excluding carboxylic acids is 1. The van der Waals surface area contributed by atoms with Crippen LogP contribution in [0.1, 0.15) is 66.7 Å². The van der Waals surface area contributed by atoms with E-state index < -0.39 is 30.3 Å². The van der Waals surface area contributed by atoms with Crippen LogP contribution >= 0.6 is 0 Å². The molecule has 0 unspecified atom stereocenters. The van der Waals surface area contributed by atoms with Crippen molar-refractivity contribution < 1.29 is 28.9 Å². The lowest BCUT2D eigenvalue weighted by molar-refractivity contribution is -0.211. The maximum absolute atomic E-state index is 13.0. The van der Waals surface area contributed by atoms with Gasteiger partial charge < -0.3 is 24.1 Å². The van der Waals surface area contributed by atoms with Gasteiger partial charge in [-0.2, -0.15) is 0 Å². The number of Topliss-reactive ketones (excluding diaryl/α,β-unsaturated/α-hetero) is 1. The molecule has 4 saturated carbocycles. The molecule has 0 radical (unpaired) electrons. The lowest BCUT2D eigenvalue weighted by Crippen LogP contribution is -2.70. The summed E-state index contributed by atoms with van der Waals surface area (Å²) in [6, 6.07) is 21.3. The summed E-state index contributed by atoms with van der Waals surface area (Å²) >= 11 is 0. The largest absolute Gasteiger partial charge is 0.404 e. The first-order valence-corrected chi connectivity index (χ1v) is 17.5. The number of methoxy groups -OCH3 is 1. The van der Waals surface area contributed by atoms with Crippen LogP contribution in [0.15, 0.2) is 60.7 Å². The lowest BCUT2D eigenvalue weighted by atomic mass is 9.56. The Bertz CT molecular complexity index is 1270. The highest BCUT2D eigenvalue weighted by Gasteiger charge is 2.85. The van der Waals surface area contributed by atoms with Crippen molar-refractivity contribution in [2.45, 2.75) is 89.1 Å². The molecule has 228 valence electrons. The van der Waals surface area contributed by atoms with Gasteiger partial charge in [-0.1, -0.05) is 95.3 Å². The third-order valence-electron chi connectivity index (χ3n) is 12.3. The number of hydrogen-bond donors (Lipinski definition) is 2. The van der Waals surface area contributed by atoms with E-state index >= 15 is 0 Å². The summed E-state index contributed by atoms with van der Waals surface area (Å²) in [5.74, 6) is -0.524. The van der Waals surface area contributed by atoms with Gasteiger partial charge in [-0.3, -0.25) is 4.79 Å². The minimum absolute atomic E-state index is 0.0288. The van der Waals surface area contributed by atoms with Crippen molar-refractivity contribution in [3.63, 3.8) is 0 Å². The molecule has 2 aromatic carbocycles. The van der Waals surface area contributed by atoms with Crippen molar-refractivity contribution >= 4 is 24.5 Å². The maximum atomic E-state index is 13.0. The second kappa shape index (κ2) is 10.1. The van der Waals surface area contributed by atoms with Crippen molar-refractivity contribution in [3.8, 4) is 0 Å². The molecule has 7 heteroatoms. The number of benzene rings is 2. The van der Waals surface area contributed by atoms with Gasteiger partial charge in [-0.05, 0) is 46.5 Å². The van der Waals surface area contributed by atoms with Crippen molar-refractivity contribution in [2.24, 2.45) is 28.6 Å². The molecule has 0 aliphatic heterocycles. The number of aliphatic hydroxyl groups is 2. The topological polar surface area (TPSA) is 85.2 Å². The number of aliphatic hydroxyl groups excluding tert-OH is 1. The molecule has 2 N–H and O–H groups in total. The zero-order chi connectivity index (χ0) is 30.2. The van der Waals surface area contributed by atoms with Gasteiger partial charge in [0.1, 0.15) is 12.6 Å². The highest BCUT2D eigenvalue weighted by Crippen LogP contribution is 2.80. The molecule has 0 saturated heterocycles. The number of ketones is 1. The second-order valence-corrected chi connectivity index (χ2v) is 19.2. The van der Waals surface area contributed by atoms with Crippen LogP contribution in [0.4, 0.5) is 0 Å². The van der Waals surface area contributed by atoms with E-state index in [0.717, 1.165) is 0 Å². The van der Waals surface area contributed by atoms with Gasteiger partial charge in [0.25, 0.3) is 8.32 Å². The fourth-order valence-electron chi connectivity index (χ4n) is 10.7. The first-order valence-electron chi connectivity index (χ1n) is 15.6. The predicted octanol–water partition coefficient (Wildman–Crippen LogP) is 4.45. The second-order valence-electron chi connectivity index (χ2n) is 15.0. The molecule has 0 amide bonds. The molecule has 2 aromatic rings. The van der Waals surface area contributed by atoms with Gasteiger partial charge in [0.15, 0.2) is 0 Å². The Morgan fingerprint density at radius 1 is 0.976 bits per heavy atom. The van der Waals surface area contributed by atoms with Crippen molar-refractivity contribution in [1.29, 1.82) is 0 Å². The SMILES string of the molecule is COCO[C@@]12C[C@@]3(C)[C@@H](O[Si](c4ccccc4)(c4ccccc4)C(C)(C)C)C[C@H]1[C@@]1(O)CC(=O)CC[C@H]1[C@]2(C)[C@@H]3CO. The van der Waals surface area contributed by atoms with Gasteiger partial charge in [0.05, 0.1) is 17.3 Å². The van der Waals surface area contributed by atoms with E-state index in [2.05, 4.69) is 83.1 Å². The molecule has 0 spiro atoms. The summed E-state index contributed by atoms with van der Waals surface area (Å²) < 4.78 is 20.1. The summed E-state index contributed by atoms with van der Waals surface area (Å²) in [5.41, 5.74) is -2.89. The summed E-state index contributed by atoms with van der Waals surface area (Å²) in [6.07, 6.45) is 2.17. The summed E-state index contributed by atoms with van der Waals surface area (Å²) in [6.45, 7) is 11.4. The highest BCUT2D eigenvalue weighted by molar-refractivity contribution is 6.99. The smallest absolute Gasteiger partial charge is 0.261 e. The van der Waals surface area contributed by atoms with Crippen LogP contribution in [-0.4, -0.2) is 62.1 Å². The maximum Gasteiger partial charge on any atom is 0.261 e. The standard InChI is InChI=1S/C35H48O6Si/c1-31(2,3)42(25-13-9-7-10-14-25,26-15-11-8-12-16-26)41-30-19-28-34(38)20-24(37)17-18-27(34)33(5)29(21-36)32(30,4)22-35(28,33)40-23-39-6/h7-16,27-30,36,38H,17-23H2,1-6H3/t27-,28-,29+,30-,32+,33+,34+,35-/m0/s1. The van der Waals surface area contributed by atoms with Crippen molar-refractivity contribution in [1.82, 2.24) is 0 Å². The molecule has 4 fully saturated rings. The van der Waals surface area contributed by atoms with Gasteiger partial charge in [0, 0.05) is 43.3 Å². The number of ether oxygens (including phenoxy) is 2. The first kappa shape index (κ1) is 30.2. The van der Waals surface area contributed by atoms with Crippen molar-refractivity contribution in [2.75, 3.05) is 20.5 Å². The van der Waals surface area contributed by atoms with E-state index in [4.69, 9.17) is 13.9 Å². The number of carbonyl (C=O) groups is 1. The molecular formula is C35H48O6Si.